The Morgan fingerprint density at radius 1 is 1.15 bits per heavy atom. The van der Waals surface area contributed by atoms with Gasteiger partial charge >= 0.3 is 5.97 Å². The molecular weight excluding hydrogens is 271 g/mol. The Bertz CT molecular complexity index is 665. The molecule has 1 N–H and O–H groups in total. The quantitative estimate of drug-likeness (QED) is 0.870. The third-order valence-corrected chi connectivity index (χ3v) is 2.96. The number of aromatic nitrogens is 1. The van der Waals surface area contributed by atoms with E-state index in [4.69, 9.17) is 5.11 Å². The van der Waals surface area contributed by atoms with Crippen LogP contribution in [0.5, 0.6) is 0 Å². The van der Waals surface area contributed by atoms with E-state index >= 15 is 0 Å². The van der Waals surface area contributed by atoms with Crippen molar-refractivity contribution in [3.8, 4) is 11.3 Å². The van der Waals surface area contributed by atoms with E-state index in [0.29, 0.717) is 13.0 Å². The Morgan fingerprint density at radius 2 is 1.85 bits per heavy atom. The van der Waals surface area contributed by atoms with E-state index in [2.05, 4.69) is 0 Å². The van der Waals surface area contributed by atoms with Crippen molar-refractivity contribution in [1.82, 2.24) is 4.57 Å². The van der Waals surface area contributed by atoms with Gasteiger partial charge in [-0.05, 0) is 30.7 Å². The number of carboxylic acids is 1. The summed E-state index contributed by atoms with van der Waals surface area (Å²) in [6.45, 7) is 2.17. The number of halogens is 3. The van der Waals surface area contributed by atoms with Crippen LogP contribution in [-0.4, -0.2) is 15.6 Å². The van der Waals surface area contributed by atoms with Crippen molar-refractivity contribution in [2.75, 3.05) is 0 Å². The van der Waals surface area contributed by atoms with Crippen LogP contribution < -0.4 is 0 Å². The second-order valence-electron chi connectivity index (χ2n) is 4.28. The predicted octanol–water partition coefficient (Wildman–Crippen LogP) is 3.68. The second kappa shape index (κ2) is 5.40. The molecule has 2 rings (SSSR count). The highest BCUT2D eigenvalue weighted by atomic mass is 19.2. The van der Waals surface area contributed by atoms with Crippen LogP contribution in [0.25, 0.3) is 11.3 Å². The molecule has 0 saturated carbocycles. The standard InChI is InChI=1S/C14H12F3NO2/c1-2-7-18-10(5-6-11(18)14(19)20)8-3-4-9(15)13(17)12(8)16/h3-6H,2,7H2,1H3,(H,19,20). The first-order valence-electron chi connectivity index (χ1n) is 6.04. The van der Waals surface area contributed by atoms with Crippen LogP contribution in [0.3, 0.4) is 0 Å². The zero-order valence-electron chi connectivity index (χ0n) is 10.7. The van der Waals surface area contributed by atoms with Gasteiger partial charge in [-0.1, -0.05) is 6.92 Å². The molecule has 0 aliphatic rings. The summed E-state index contributed by atoms with van der Waals surface area (Å²) in [5.41, 5.74) is 0.0245. The summed E-state index contributed by atoms with van der Waals surface area (Å²) in [5.74, 6) is -5.33. The molecule has 0 spiro atoms. The van der Waals surface area contributed by atoms with Gasteiger partial charge in [0, 0.05) is 12.1 Å². The molecule has 1 heterocycles. The van der Waals surface area contributed by atoms with Gasteiger partial charge in [-0.2, -0.15) is 0 Å². The van der Waals surface area contributed by atoms with Crippen LogP contribution in [0.1, 0.15) is 23.8 Å². The molecule has 0 saturated heterocycles. The lowest BCUT2D eigenvalue weighted by atomic mass is 10.1. The molecule has 0 fully saturated rings. The van der Waals surface area contributed by atoms with E-state index in [1.54, 1.807) is 0 Å². The third kappa shape index (κ3) is 2.29. The highest BCUT2D eigenvalue weighted by Gasteiger charge is 2.20. The average molecular weight is 283 g/mol. The summed E-state index contributed by atoms with van der Waals surface area (Å²) < 4.78 is 41.4. The first kappa shape index (κ1) is 14.2. The minimum absolute atomic E-state index is 0.0222. The number of carbonyl (C=O) groups is 1. The molecule has 0 amide bonds. The molecule has 0 bridgehead atoms. The molecule has 0 aliphatic carbocycles. The van der Waals surface area contributed by atoms with Gasteiger partial charge in [-0.15, -0.1) is 0 Å². The molecule has 6 heteroatoms. The Hall–Kier alpha value is -2.24. The smallest absolute Gasteiger partial charge is 0.352 e. The van der Waals surface area contributed by atoms with Crippen molar-refractivity contribution >= 4 is 5.97 Å². The summed E-state index contributed by atoms with van der Waals surface area (Å²) in [6, 6.07) is 4.61. The third-order valence-electron chi connectivity index (χ3n) is 2.96. The van der Waals surface area contributed by atoms with Crippen molar-refractivity contribution in [2.45, 2.75) is 19.9 Å². The molecule has 0 unspecified atom stereocenters. The molecule has 2 aromatic rings. The molecule has 0 atom stereocenters. The van der Waals surface area contributed by atoms with Gasteiger partial charge in [-0.3, -0.25) is 0 Å². The minimum Gasteiger partial charge on any atom is -0.477 e. The van der Waals surface area contributed by atoms with Crippen molar-refractivity contribution in [3.63, 3.8) is 0 Å². The van der Waals surface area contributed by atoms with Gasteiger partial charge in [0.2, 0.25) is 0 Å². The van der Waals surface area contributed by atoms with E-state index in [1.807, 2.05) is 6.92 Å². The fourth-order valence-electron chi connectivity index (χ4n) is 2.08. The van der Waals surface area contributed by atoms with Gasteiger partial charge in [-0.25, -0.2) is 18.0 Å². The highest BCUT2D eigenvalue weighted by Crippen LogP contribution is 2.28. The van der Waals surface area contributed by atoms with E-state index in [9.17, 15) is 18.0 Å². The fraction of sp³-hybridized carbons (Fsp3) is 0.214. The van der Waals surface area contributed by atoms with Crippen molar-refractivity contribution in [2.24, 2.45) is 0 Å². The molecule has 1 aromatic carbocycles. The Morgan fingerprint density at radius 3 is 2.45 bits per heavy atom. The second-order valence-corrected chi connectivity index (χ2v) is 4.28. The number of hydrogen-bond acceptors (Lipinski definition) is 1. The van der Waals surface area contributed by atoms with Gasteiger partial charge in [0.1, 0.15) is 5.69 Å². The summed E-state index contributed by atoms with van der Waals surface area (Å²) in [6.07, 6.45) is 0.618. The monoisotopic (exact) mass is 283 g/mol. The van der Waals surface area contributed by atoms with E-state index in [0.717, 1.165) is 12.1 Å². The molecule has 106 valence electrons. The predicted molar refractivity (Wildman–Crippen MR) is 67.0 cm³/mol. The van der Waals surface area contributed by atoms with Crippen LogP contribution in [0.15, 0.2) is 24.3 Å². The lowest BCUT2D eigenvalue weighted by molar-refractivity contribution is 0.0685. The molecular formula is C14H12F3NO2. The number of hydrogen-bond donors (Lipinski definition) is 1. The first-order chi connectivity index (χ1) is 9.47. The van der Waals surface area contributed by atoms with Crippen molar-refractivity contribution in [3.05, 3.63) is 47.4 Å². The maximum absolute atomic E-state index is 13.8. The molecule has 3 nitrogen and oxygen atoms in total. The number of benzene rings is 1. The van der Waals surface area contributed by atoms with Crippen LogP contribution >= 0.6 is 0 Å². The fourth-order valence-corrected chi connectivity index (χ4v) is 2.08. The van der Waals surface area contributed by atoms with Crippen LogP contribution in [-0.2, 0) is 6.54 Å². The Kier molecular flexibility index (Phi) is 3.83. The minimum atomic E-state index is -1.57. The number of aromatic carboxylic acids is 1. The highest BCUT2D eigenvalue weighted by molar-refractivity contribution is 5.87. The molecule has 0 radical (unpaired) electrons. The van der Waals surface area contributed by atoms with E-state index in [1.165, 1.54) is 16.7 Å². The maximum atomic E-state index is 13.8. The zero-order valence-corrected chi connectivity index (χ0v) is 10.7. The summed E-state index contributed by atoms with van der Waals surface area (Å²) >= 11 is 0. The summed E-state index contributed by atoms with van der Waals surface area (Å²) in [5, 5.41) is 9.07. The Labute approximate surface area is 113 Å². The number of rotatable bonds is 4. The maximum Gasteiger partial charge on any atom is 0.352 e. The normalized spacial score (nSPS) is 10.8. The lowest BCUT2D eigenvalue weighted by Gasteiger charge is -2.11. The van der Waals surface area contributed by atoms with Crippen LogP contribution in [0, 0.1) is 17.5 Å². The van der Waals surface area contributed by atoms with Gasteiger partial charge < -0.3 is 9.67 Å². The van der Waals surface area contributed by atoms with Gasteiger partial charge in [0.15, 0.2) is 17.5 Å². The molecule has 20 heavy (non-hydrogen) atoms. The SMILES string of the molecule is CCCn1c(C(=O)O)ccc1-c1ccc(F)c(F)c1F. The van der Waals surface area contributed by atoms with E-state index < -0.39 is 23.4 Å². The zero-order chi connectivity index (χ0) is 14.9. The summed E-state index contributed by atoms with van der Waals surface area (Å²) in [7, 11) is 0. The first-order valence-corrected chi connectivity index (χ1v) is 6.04. The lowest BCUT2D eigenvalue weighted by Crippen LogP contribution is -2.10. The van der Waals surface area contributed by atoms with Gasteiger partial charge in [0.25, 0.3) is 0 Å². The Balaban J connectivity index is 2.64. The summed E-state index contributed by atoms with van der Waals surface area (Å²) in [4.78, 5) is 11.1. The van der Waals surface area contributed by atoms with Crippen LogP contribution in [0.2, 0.25) is 0 Å². The van der Waals surface area contributed by atoms with Gasteiger partial charge in [0.05, 0.1) is 5.69 Å². The number of carboxylic acid groups (broad SMARTS) is 1. The van der Waals surface area contributed by atoms with E-state index in [-0.39, 0.29) is 17.0 Å². The van der Waals surface area contributed by atoms with Crippen molar-refractivity contribution in [1.29, 1.82) is 0 Å². The average Bonchev–Trinajstić information content (AvgIpc) is 2.81. The van der Waals surface area contributed by atoms with Crippen LogP contribution in [0.4, 0.5) is 13.2 Å². The number of nitrogens with zero attached hydrogens (tertiary/aromatic N) is 1. The topological polar surface area (TPSA) is 42.2 Å². The molecule has 0 aliphatic heterocycles. The van der Waals surface area contributed by atoms with Crippen molar-refractivity contribution < 1.29 is 23.1 Å². The largest absolute Gasteiger partial charge is 0.477 e. The molecule has 1 aromatic heterocycles.